The molecule has 2 N–H and O–H groups in total. The Morgan fingerprint density at radius 3 is 2.67 bits per heavy atom. The molecular formula is C11H12N2OS. The predicted octanol–water partition coefficient (Wildman–Crippen LogP) is 2.61. The van der Waals surface area contributed by atoms with Gasteiger partial charge in [0.2, 0.25) is 0 Å². The van der Waals surface area contributed by atoms with E-state index in [1.54, 1.807) is 11.3 Å². The summed E-state index contributed by atoms with van der Waals surface area (Å²) in [6.07, 6.45) is 1.84. The first kappa shape index (κ1) is 9.98. The Morgan fingerprint density at radius 2 is 2.07 bits per heavy atom. The van der Waals surface area contributed by atoms with Crippen LogP contribution in [0.1, 0.15) is 9.88 Å². The van der Waals surface area contributed by atoms with Crippen LogP contribution in [0.2, 0.25) is 0 Å². The lowest BCUT2D eigenvalue weighted by Crippen LogP contribution is -1.93. The van der Waals surface area contributed by atoms with Gasteiger partial charge in [-0.2, -0.15) is 0 Å². The number of benzene rings is 1. The number of anilines is 1. The van der Waals surface area contributed by atoms with Gasteiger partial charge in [-0.1, -0.05) is 0 Å². The van der Waals surface area contributed by atoms with Crippen LogP contribution in [0.5, 0.6) is 5.75 Å². The lowest BCUT2D eigenvalue weighted by atomic mass is 10.3. The topological polar surface area (TPSA) is 48.1 Å². The number of hydrogen-bond donors (Lipinski definition) is 1. The summed E-state index contributed by atoms with van der Waals surface area (Å²) in [5.74, 6) is 0.829. The van der Waals surface area contributed by atoms with Crippen LogP contribution in [-0.2, 0) is 6.61 Å². The summed E-state index contributed by atoms with van der Waals surface area (Å²) >= 11 is 1.65. The Kier molecular flexibility index (Phi) is 2.87. The molecule has 0 aliphatic rings. The molecule has 0 unspecified atom stereocenters. The van der Waals surface area contributed by atoms with Crippen molar-refractivity contribution < 1.29 is 4.74 Å². The van der Waals surface area contributed by atoms with Gasteiger partial charge in [0.05, 0.1) is 9.88 Å². The molecule has 78 valence electrons. The molecular weight excluding hydrogens is 208 g/mol. The van der Waals surface area contributed by atoms with E-state index in [0.717, 1.165) is 21.3 Å². The van der Waals surface area contributed by atoms with Crippen LogP contribution in [0.15, 0.2) is 30.5 Å². The lowest BCUT2D eigenvalue weighted by Gasteiger charge is -2.03. The van der Waals surface area contributed by atoms with Gasteiger partial charge in [-0.3, -0.25) is 0 Å². The summed E-state index contributed by atoms with van der Waals surface area (Å²) in [6, 6.07) is 7.38. The molecule has 0 fully saturated rings. The van der Waals surface area contributed by atoms with Crippen LogP contribution in [0, 0.1) is 6.92 Å². The second-order valence-electron chi connectivity index (χ2n) is 3.20. The van der Waals surface area contributed by atoms with Crippen LogP contribution in [0.25, 0.3) is 0 Å². The Morgan fingerprint density at radius 1 is 1.33 bits per heavy atom. The molecule has 4 heteroatoms. The van der Waals surface area contributed by atoms with E-state index in [9.17, 15) is 0 Å². The monoisotopic (exact) mass is 220 g/mol. The molecule has 0 aliphatic heterocycles. The molecule has 1 aromatic carbocycles. The van der Waals surface area contributed by atoms with Gasteiger partial charge in [-0.05, 0) is 31.2 Å². The van der Waals surface area contributed by atoms with Crippen molar-refractivity contribution in [2.45, 2.75) is 13.5 Å². The Labute approximate surface area is 92.5 Å². The molecule has 1 aromatic heterocycles. The van der Waals surface area contributed by atoms with E-state index in [4.69, 9.17) is 10.5 Å². The summed E-state index contributed by atoms with van der Waals surface area (Å²) in [5, 5.41) is 1.06. The molecule has 0 aliphatic carbocycles. The molecule has 15 heavy (non-hydrogen) atoms. The number of nitrogens with zero attached hydrogens (tertiary/aromatic N) is 1. The maximum atomic E-state index is 5.58. The standard InChI is InChI=1S/C11H12N2OS/c1-8-13-6-11(15-8)7-14-10-4-2-9(12)3-5-10/h2-6H,7,12H2,1H3. The van der Waals surface area contributed by atoms with Gasteiger partial charge in [-0.15, -0.1) is 11.3 Å². The summed E-state index contributed by atoms with van der Waals surface area (Å²) in [5.41, 5.74) is 6.32. The highest BCUT2D eigenvalue weighted by Crippen LogP contribution is 2.17. The quantitative estimate of drug-likeness (QED) is 0.809. The van der Waals surface area contributed by atoms with Gasteiger partial charge < -0.3 is 10.5 Å². The minimum atomic E-state index is 0.565. The molecule has 2 rings (SSSR count). The number of nitrogen functional groups attached to an aromatic ring is 1. The fourth-order valence-electron chi connectivity index (χ4n) is 1.19. The zero-order chi connectivity index (χ0) is 10.7. The SMILES string of the molecule is Cc1ncc(COc2ccc(N)cc2)s1. The molecule has 0 bridgehead atoms. The summed E-state index contributed by atoms with van der Waals surface area (Å²) < 4.78 is 5.58. The Hall–Kier alpha value is -1.55. The van der Waals surface area contributed by atoms with E-state index < -0.39 is 0 Å². The minimum absolute atomic E-state index is 0.565. The first-order valence-corrected chi connectivity index (χ1v) is 5.45. The van der Waals surface area contributed by atoms with Crippen LogP contribution < -0.4 is 10.5 Å². The van der Waals surface area contributed by atoms with Gasteiger partial charge in [0.1, 0.15) is 12.4 Å². The molecule has 1 heterocycles. The maximum absolute atomic E-state index is 5.58. The van der Waals surface area contributed by atoms with Gasteiger partial charge >= 0.3 is 0 Å². The highest BCUT2D eigenvalue weighted by atomic mass is 32.1. The highest BCUT2D eigenvalue weighted by Gasteiger charge is 1.99. The number of nitrogens with two attached hydrogens (primary N) is 1. The molecule has 0 amide bonds. The molecule has 0 radical (unpaired) electrons. The van der Waals surface area contributed by atoms with E-state index in [1.807, 2.05) is 37.4 Å². The van der Waals surface area contributed by atoms with E-state index in [0.29, 0.717) is 6.61 Å². The van der Waals surface area contributed by atoms with Crippen molar-refractivity contribution in [2.24, 2.45) is 0 Å². The van der Waals surface area contributed by atoms with Crippen molar-refractivity contribution in [1.82, 2.24) is 4.98 Å². The number of thiazole rings is 1. The number of aromatic nitrogens is 1. The number of rotatable bonds is 3. The molecule has 0 spiro atoms. The third-order valence-corrected chi connectivity index (χ3v) is 2.82. The second kappa shape index (κ2) is 4.31. The normalized spacial score (nSPS) is 10.2. The van der Waals surface area contributed by atoms with E-state index in [-0.39, 0.29) is 0 Å². The fourth-order valence-corrected chi connectivity index (χ4v) is 1.90. The number of ether oxygens (including phenoxy) is 1. The van der Waals surface area contributed by atoms with Gasteiger partial charge in [-0.25, -0.2) is 4.98 Å². The fraction of sp³-hybridized carbons (Fsp3) is 0.182. The van der Waals surface area contributed by atoms with Gasteiger partial charge in [0, 0.05) is 11.9 Å². The highest BCUT2D eigenvalue weighted by molar-refractivity contribution is 7.11. The van der Waals surface area contributed by atoms with Crippen LogP contribution in [-0.4, -0.2) is 4.98 Å². The third-order valence-electron chi connectivity index (χ3n) is 1.93. The van der Waals surface area contributed by atoms with Crippen molar-refractivity contribution in [2.75, 3.05) is 5.73 Å². The zero-order valence-corrected chi connectivity index (χ0v) is 9.25. The lowest BCUT2D eigenvalue weighted by molar-refractivity contribution is 0.309. The second-order valence-corrected chi connectivity index (χ2v) is 4.52. The molecule has 2 aromatic rings. The Balaban J connectivity index is 1.96. The molecule has 0 saturated carbocycles. The van der Waals surface area contributed by atoms with E-state index in [1.165, 1.54) is 0 Å². The van der Waals surface area contributed by atoms with Crippen molar-refractivity contribution in [1.29, 1.82) is 0 Å². The first-order valence-electron chi connectivity index (χ1n) is 4.64. The molecule has 0 atom stereocenters. The van der Waals surface area contributed by atoms with Gasteiger partial charge in [0.15, 0.2) is 0 Å². The molecule has 0 saturated heterocycles. The predicted molar refractivity (Wildman–Crippen MR) is 62.0 cm³/mol. The average molecular weight is 220 g/mol. The van der Waals surface area contributed by atoms with Crippen molar-refractivity contribution in [3.8, 4) is 5.75 Å². The van der Waals surface area contributed by atoms with Crippen molar-refractivity contribution >= 4 is 17.0 Å². The van der Waals surface area contributed by atoms with Crippen LogP contribution in [0.3, 0.4) is 0 Å². The number of hydrogen-bond acceptors (Lipinski definition) is 4. The largest absolute Gasteiger partial charge is 0.488 e. The van der Waals surface area contributed by atoms with E-state index in [2.05, 4.69) is 4.98 Å². The Bertz CT molecular complexity index is 436. The molecule has 3 nitrogen and oxygen atoms in total. The first-order chi connectivity index (χ1) is 7.24. The summed E-state index contributed by atoms with van der Waals surface area (Å²) in [6.45, 7) is 2.55. The smallest absolute Gasteiger partial charge is 0.124 e. The van der Waals surface area contributed by atoms with Crippen LogP contribution >= 0.6 is 11.3 Å². The van der Waals surface area contributed by atoms with Crippen molar-refractivity contribution in [3.63, 3.8) is 0 Å². The zero-order valence-electron chi connectivity index (χ0n) is 8.43. The summed E-state index contributed by atoms with van der Waals surface area (Å²) in [7, 11) is 0. The average Bonchev–Trinajstić information content (AvgIpc) is 2.64. The van der Waals surface area contributed by atoms with Crippen LogP contribution in [0.4, 0.5) is 5.69 Å². The maximum Gasteiger partial charge on any atom is 0.124 e. The summed E-state index contributed by atoms with van der Waals surface area (Å²) in [4.78, 5) is 5.29. The minimum Gasteiger partial charge on any atom is -0.488 e. The van der Waals surface area contributed by atoms with Crippen molar-refractivity contribution in [3.05, 3.63) is 40.3 Å². The van der Waals surface area contributed by atoms with Gasteiger partial charge in [0.25, 0.3) is 0 Å². The third kappa shape index (κ3) is 2.70. The number of aryl methyl sites for hydroxylation is 1. The van der Waals surface area contributed by atoms with E-state index >= 15 is 0 Å².